The van der Waals surface area contributed by atoms with E-state index in [-0.39, 0.29) is 23.8 Å². The molecule has 7 nitrogen and oxygen atoms in total. The van der Waals surface area contributed by atoms with Crippen LogP contribution in [0.25, 0.3) is 0 Å². The molecule has 2 aliphatic rings. The third kappa shape index (κ3) is 1.68. The number of carbonyl (C=O) groups is 2. The molecule has 4 rings (SSSR count). The maximum atomic E-state index is 13.8. The van der Waals surface area contributed by atoms with Crippen molar-refractivity contribution in [3.8, 4) is 0 Å². The molecular weight excluding hydrogens is 315 g/mol. The van der Waals surface area contributed by atoms with Gasteiger partial charge in [0.25, 0.3) is 5.56 Å². The predicted molar refractivity (Wildman–Crippen MR) is 84.5 cm³/mol. The van der Waals surface area contributed by atoms with E-state index in [0.29, 0.717) is 11.3 Å². The summed E-state index contributed by atoms with van der Waals surface area (Å²) in [7, 11) is 0. The molecule has 3 N–H and O–H groups in total. The van der Waals surface area contributed by atoms with E-state index in [1.165, 1.54) is 22.9 Å². The number of H-pyrrole nitrogens is 1. The molecule has 8 heteroatoms. The highest BCUT2D eigenvalue weighted by Gasteiger charge is 2.55. The summed E-state index contributed by atoms with van der Waals surface area (Å²) in [6.07, 6.45) is -0.243. The zero-order chi connectivity index (χ0) is 17.2. The van der Waals surface area contributed by atoms with E-state index in [1.54, 1.807) is 0 Å². The zero-order valence-corrected chi connectivity index (χ0v) is 13.1. The highest BCUT2D eigenvalue weighted by Crippen LogP contribution is 2.48. The Morgan fingerprint density at radius 2 is 1.96 bits per heavy atom. The van der Waals surface area contributed by atoms with Crippen molar-refractivity contribution >= 4 is 23.3 Å². The largest absolute Gasteiger partial charge is 0.325 e. The molecule has 3 heterocycles. The fourth-order valence-corrected chi connectivity index (χ4v) is 3.61. The molecule has 2 aromatic rings. The lowest BCUT2D eigenvalue weighted by atomic mass is 9.71. The average Bonchev–Trinajstić information content (AvgIpc) is 2.97. The van der Waals surface area contributed by atoms with Gasteiger partial charge in [0.15, 0.2) is 0 Å². The molecule has 2 amide bonds. The van der Waals surface area contributed by atoms with Gasteiger partial charge in [-0.15, -0.1) is 0 Å². The summed E-state index contributed by atoms with van der Waals surface area (Å²) in [6.45, 7) is 3.68. The number of rotatable bonds is 1. The van der Waals surface area contributed by atoms with E-state index in [9.17, 15) is 18.8 Å². The van der Waals surface area contributed by atoms with Crippen LogP contribution in [0.5, 0.6) is 0 Å². The van der Waals surface area contributed by atoms with Crippen molar-refractivity contribution in [1.82, 2.24) is 9.78 Å². The second-order valence-corrected chi connectivity index (χ2v) is 6.40. The van der Waals surface area contributed by atoms with Crippen LogP contribution in [0.15, 0.2) is 23.0 Å². The highest BCUT2D eigenvalue weighted by molar-refractivity contribution is 6.14. The predicted octanol–water partition coefficient (Wildman–Crippen LogP) is 1.48. The first-order valence-electron chi connectivity index (χ1n) is 7.61. The SMILES string of the molecule is CC(C)n1[nH]c(=O)c2c1NC(=O)C[C@@]21C(=O)Nc2ccc(F)cc21. The maximum absolute atomic E-state index is 13.8. The van der Waals surface area contributed by atoms with Crippen LogP contribution in [0.2, 0.25) is 0 Å². The smallest absolute Gasteiger partial charge is 0.270 e. The summed E-state index contributed by atoms with van der Waals surface area (Å²) in [6, 6.07) is 3.75. The van der Waals surface area contributed by atoms with Gasteiger partial charge < -0.3 is 10.6 Å². The number of carbonyl (C=O) groups excluding carboxylic acids is 2. The first kappa shape index (κ1) is 14.7. The lowest BCUT2D eigenvalue weighted by Gasteiger charge is -2.31. The number of amides is 2. The molecule has 0 radical (unpaired) electrons. The molecule has 1 atom stereocenters. The summed E-state index contributed by atoms with van der Waals surface area (Å²) >= 11 is 0. The normalized spacial score (nSPS) is 21.7. The first-order valence-corrected chi connectivity index (χ1v) is 7.61. The number of aromatic amines is 1. The lowest BCUT2D eigenvalue weighted by molar-refractivity contribution is -0.125. The van der Waals surface area contributed by atoms with Gasteiger partial charge in [-0.05, 0) is 37.6 Å². The van der Waals surface area contributed by atoms with Crippen molar-refractivity contribution in [2.24, 2.45) is 0 Å². The molecule has 2 aliphatic heterocycles. The van der Waals surface area contributed by atoms with Crippen molar-refractivity contribution in [2.45, 2.75) is 31.7 Å². The summed E-state index contributed by atoms with van der Waals surface area (Å²) in [5, 5.41) is 8.00. The third-order valence-corrected chi connectivity index (χ3v) is 4.63. The van der Waals surface area contributed by atoms with E-state index >= 15 is 0 Å². The number of fused-ring (bicyclic) bond motifs is 4. The van der Waals surface area contributed by atoms with Gasteiger partial charge in [0.2, 0.25) is 11.8 Å². The molecule has 1 aromatic heterocycles. The van der Waals surface area contributed by atoms with Gasteiger partial charge in [-0.2, -0.15) is 0 Å². The van der Waals surface area contributed by atoms with E-state index in [2.05, 4.69) is 15.7 Å². The Balaban J connectivity index is 2.09. The Labute approximate surface area is 135 Å². The van der Waals surface area contributed by atoms with Crippen LogP contribution in [0.1, 0.15) is 37.4 Å². The fourth-order valence-electron chi connectivity index (χ4n) is 3.61. The van der Waals surface area contributed by atoms with Crippen molar-refractivity contribution < 1.29 is 14.0 Å². The molecule has 0 bridgehead atoms. The average molecular weight is 330 g/mol. The number of hydrogen-bond acceptors (Lipinski definition) is 3. The van der Waals surface area contributed by atoms with E-state index in [4.69, 9.17) is 0 Å². The Kier molecular flexibility index (Phi) is 2.79. The van der Waals surface area contributed by atoms with Gasteiger partial charge in [0.05, 0.1) is 12.0 Å². The first-order chi connectivity index (χ1) is 11.3. The van der Waals surface area contributed by atoms with Crippen LogP contribution >= 0.6 is 0 Å². The molecule has 24 heavy (non-hydrogen) atoms. The van der Waals surface area contributed by atoms with Gasteiger partial charge in [0.1, 0.15) is 17.1 Å². The van der Waals surface area contributed by atoms with Gasteiger partial charge >= 0.3 is 0 Å². The minimum Gasteiger partial charge on any atom is -0.325 e. The molecule has 0 saturated carbocycles. The Morgan fingerprint density at radius 3 is 2.67 bits per heavy atom. The summed E-state index contributed by atoms with van der Waals surface area (Å²) in [5.41, 5.74) is -1.10. The molecule has 1 aromatic carbocycles. The zero-order valence-electron chi connectivity index (χ0n) is 13.1. The van der Waals surface area contributed by atoms with Crippen molar-refractivity contribution in [3.63, 3.8) is 0 Å². The van der Waals surface area contributed by atoms with E-state index in [0.717, 1.165) is 0 Å². The summed E-state index contributed by atoms with van der Waals surface area (Å²) < 4.78 is 15.3. The number of nitrogens with one attached hydrogen (secondary N) is 3. The van der Waals surface area contributed by atoms with Crippen molar-refractivity contribution in [3.05, 3.63) is 45.5 Å². The Hall–Kier alpha value is -2.90. The monoisotopic (exact) mass is 330 g/mol. The number of aromatic nitrogens is 2. The van der Waals surface area contributed by atoms with Crippen LogP contribution in [-0.2, 0) is 15.0 Å². The van der Waals surface area contributed by atoms with Crippen molar-refractivity contribution in [2.75, 3.05) is 10.6 Å². The van der Waals surface area contributed by atoms with Gasteiger partial charge in [-0.3, -0.25) is 24.2 Å². The minimum absolute atomic E-state index is 0.131. The van der Waals surface area contributed by atoms with Crippen LogP contribution in [-0.4, -0.2) is 21.6 Å². The quantitative estimate of drug-likeness (QED) is 0.739. The third-order valence-electron chi connectivity index (χ3n) is 4.63. The number of benzene rings is 1. The van der Waals surface area contributed by atoms with Crippen LogP contribution in [0.3, 0.4) is 0 Å². The molecule has 0 saturated heterocycles. The Bertz CT molecular complexity index is 959. The Morgan fingerprint density at radius 1 is 1.21 bits per heavy atom. The highest BCUT2D eigenvalue weighted by atomic mass is 19.1. The molecular formula is C16H15FN4O3. The second kappa shape index (κ2) is 4.56. The number of halogens is 1. The molecule has 1 spiro atoms. The lowest BCUT2D eigenvalue weighted by Crippen LogP contribution is -2.46. The van der Waals surface area contributed by atoms with Gasteiger partial charge in [-0.25, -0.2) is 4.39 Å². The number of hydrogen-bond donors (Lipinski definition) is 3. The van der Waals surface area contributed by atoms with E-state index in [1.807, 2.05) is 13.8 Å². The van der Waals surface area contributed by atoms with E-state index < -0.39 is 28.6 Å². The standard InChI is InChI=1S/C16H15FN4O3/c1-7(2)21-13-12(14(23)20-21)16(6-11(22)19-13)9-5-8(17)3-4-10(9)18-15(16)24/h3-5,7H,6H2,1-2H3,(H,18,24)(H,19,22)(H,20,23)/t16-/m0/s1. The topological polar surface area (TPSA) is 96.0 Å². The molecule has 124 valence electrons. The number of anilines is 2. The molecule has 0 fully saturated rings. The van der Waals surface area contributed by atoms with Crippen LogP contribution in [0, 0.1) is 5.82 Å². The molecule has 0 unspecified atom stereocenters. The van der Waals surface area contributed by atoms with Crippen LogP contribution in [0.4, 0.5) is 15.9 Å². The minimum atomic E-state index is -1.51. The second-order valence-electron chi connectivity index (χ2n) is 6.40. The number of nitrogens with zero attached hydrogens (tertiary/aromatic N) is 1. The maximum Gasteiger partial charge on any atom is 0.270 e. The summed E-state index contributed by atoms with van der Waals surface area (Å²) in [4.78, 5) is 37.7. The fraction of sp³-hybridized carbons (Fsp3) is 0.312. The van der Waals surface area contributed by atoms with Crippen LogP contribution < -0.4 is 16.2 Å². The van der Waals surface area contributed by atoms with Gasteiger partial charge in [0, 0.05) is 11.7 Å². The molecule has 0 aliphatic carbocycles. The van der Waals surface area contributed by atoms with Crippen molar-refractivity contribution in [1.29, 1.82) is 0 Å². The van der Waals surface area contributed by atoms with Gasteiger partial charge in [-0.1, -0.05) is 0 Å². The summed E-state index contributed by atoms with van der Waals surface area (Å²) in [5.74, 6) is -1.16.